The van der Waals surface area contributed by atoms with Crippen LogP contribution in [0, 0.1) is 0 Å². The second-order valence-electron chi connectivity index (χ2n) is 7.52. The molecule has 1 fully saturated rings. The largest absolute Gasteiger partial charge is 0.465 e. The Bertz CT molecular complexity index is 943. The average Bonchev–Trinajstić information content (AvgIpc) is 3.11. The Kier molecular flexibility index (Phi) is 6.15. The van der Waals surface area contributed by atoms with Crippen LogP contribution in [-0.2, 0) is 22.5 Å². The zero-order valence-corrected chi connectivity index (χ0v) is 17.1. The number of hydrogen-bond acceptors (Lipinski definition) is 4. The van der Waals surface area contributed by atoms with E-state index < -0.39 is 0 Å². The lowest BCUT2D eigenvalue weighted by atomic mass is 10.1. The van der Waals surface area contributed by atoms with Crippen molar-refractivity contribution in [2.75, 3.05) is 44.2 Å². The van der Waals surface area contributed by atoms with Crippen LogP contribution < -0.4 is 4.90 Å². The lowest BCUT2D eigenvalue weighted by molar-refractivity contribution is -0.143. The van der Waals surface area contributed by atoms with Crippen molar-refractivity contribution in [3.8, 4) is 0 Å². The Labute approximate surface area is 172 Å². The summed E-state index contributed by atoms with van der Waals surface area (Å²) in [5.74, 6) is -0.183. The molecule has 1 saturated heterocycles. The second kappa shape index (κ2) is 9.14. The van der Waals surface area contributed by atoms with Gasteiger partial charge in [0, 0.05) is 55.5 Å². The normalized spacial score (nSPS) is 15.0. The molecule has 0 N–H and O–H groups in total. The summed E-state index contributed by atoms with van der Waals surface area (Å²) in [7, 11) is 0. The molecule has 0 bridgehead atoms. The number of esters is 1. The van der Waals surface area contributed by atoms with Crippen LogP contribution in [0.15, 0.2) is 60.8 Å². The van der Waals surface area contributed by atoms with E-state index in [0.717, 1.165) is 44.7 Å². The number of ether oxygens (including phenoxy) is 1. The van der Waals surface area contributed by atoms with Crippen LogP contribution in [0.2, 0.25) is 0 Å². The van der Waals surface area contributed by atoms with Gasteiger partial charge in [-0.05, 0) is 37.1 Å². The number of nitrogens with zero attached hydrogens (tertiary/aromatic N) is 3. The topological polar surface area (TPSA) is 37.7 Å². The summed E-state index contributed by atoms with van der Waals surface area (Å²) >= 11 is 0. The molecule has 0 amide bonds. The van der Waals surface area contributed by atoms with Crippen LogP contribution in [0.5, 0.6) is 0 Å². The number of carbonyl (C=O) groups is 1. The number of rotatable bonds is 7. The fourth-order valence-corrected chi connectivity index (χ4v) is 4.15. The molecule has 1 aliphatic heterocycles. The van der Waals surface area contributed by atoms with Crippen molar-refractivity contribution in [1.82, 2.24) is 9.47 Å². The van der Waals surface area contributed by atoms with Crippen molar-refractivity contribution in [3.63, 3.8) is 0 Å². The van der Waals surface area contributed by atoms with Crippen molar-refractivity contribution in [2.24, 2.45) is 0 Å². The van der Waals surface area contributed by atoms with Crippen LogP contribution in [-0.4, -0.2) is 54.8 Å². The molecule has 0 saturated carbocycles. The van der Waals surface area contributed by atoms with E-state index in [1.165, 1.54) is 16.6 Å². The van der Waals surface area contributed by atoms with Gasteiger partial charge in [0.05, 0.1) is 6.61 Å². The van der Waals surface area contributed by atoms with Gasteiger partial charge < -0.3 is 14.2 Å². The molecular weight excluding hydrogens is 362 g/mol. The molecule has 5 nitrogen and oxygen atoms in total. The Balaban J connectivity index is 1.38. The molecule has 1 aliphatic rings. The molecule has 2 aromatic carbocycles. The van der Waals surface area contributed by atoms with Crippen molar-refractivity contribution in [3.05, 3.63) is 66.4 Å². The van der Waals surface area contributed by atoms with Crippen LogP contribution in [0.25, 0.3) is 10.9 Å². The zero-order valence-electron chi connectivity index (χ0n) is 17.1. The third-order valence-electron chi connectivity index (χ3n) is 5.67. The summed E-state index contributed by atoms with van der Waals surface area (Å²) in [5.41, 5.74) is 3.72. The molecule has 0 radical (unpaired) electrons. The van der Waals surface area contributed by atoms with Gasteiger partial charge in [-0.25, -0.2) is 0 Å². The number of hydrogen-bond donors (Lipinski definition) is 0. The van der Waals surface area contributed by atoms with Crippen LogP contribution in [0.4, 0.5) is 5.69 Å². The van der Waals surface area contributed by atoms with Crippen molar-refractivity contribution < 1.29 is 9.53 Å². The van der Waals surface area contributed by atoms with Crippen molar-refractivity contribution in [1.29, 1.82) is 0 Å². The molecule has 5 heteroatoms. The summed E-state index contributed by atoms with van der Waals surface area (Å²) in [4.78, 5) is 17.0. The highest BCUT2D eigenvalue weighted by Crippen LogP contribution is 2.23. The number of carbonyl (C=O) groups excluding carboxylic acids is 1. The van der Waals surface area contributed by atoms with Gasteiger partial charge in [0.25, 0.3) is 0 Å². The first kappa shape index (κ1) is 19.5. The molecule has 0 atom stereocenters. The van der Waals surface area contributed by atoms with E-state index in [1.54, 1.807) is 0 Å². The second-order valence-corrected chi connectivity index (χ2v) is 7.52. The Hall–Kier alpha value is -2.79. The van der Waals surface area contributed by atoms with Gasteiger partial charge >= 0.3 is 5.97 Å². The molecular formula is C24H29N3O2. The van der Waals surface area contributed by atoms with Crippen molar-refractivity contribution >= 4 is 22.6 Å². The number of para-hydroxylation sites is 2. The Morgan fingerprint density at radius 2 is 1.69 bits per heavy atom. The highest BCUT2D eigenvalue weighted by Gasteiger charge is 2.18. The molecule has 29 heavy (non-hydrogen) atoms. The summed E-state index contributed by atoms with van der Waals surface area (Å²) in [6, 6.07) is 19.0. The maximum absolute atomic E-state index is 12.0. The SMILES string of the molecule is CCOC(=O)Cn1cc(CCN2CCN(c3ccccc3)CC2)c2ccccc21. The highest BCUT2D eigenvalue weighted by molar-refractivity contribution is 5.85. The fourth-order valence-electron chi connectivity index (χ4n) is 4.15. The predicted molar refractivity (Wildman–Crippen MR) is 117 cm³/mol. The third-order valence-corrected chi connectivity index (χ3v) is 5.67. The number of fused-ring (bicyclic) bond motifs is 1. The quantitative estimate of drug-likeness (QED) is 0.577. The van der Waals surface area contributed by atoms with Gasteiger partial charge in [-0.2, -0.15) is 0 Å². The minimum absolute atomic E-state index is 0.183. The van der Waals surface area contributed by atoms with E-state index in [1.807, 2.05) is 17.6 Å². The molecule has 4 rings (SSSR count). The number of aromatic nitrogens is 1. The lowest BCUT2D eigenvalue weighted by Crippen LogP contribution is -2.46. The third kappa shape index (κ3) is 4.62. The first-order valence-electron chi connectivity index (χ1n) is 10.5. The van der Waals surface area contributed by atoms with E-state index in [4.69, 9.17) is 4.74 Å². The van der Waals surface area contributed by atoms with Gasteiger partial charge in [0.2, 0.25) is 0 Å². The first-order valence-corrected chi connectivity index (χ1v) is 10.5. The fraction of sp³-hybridized carbons (Fsp3) is 0.375. The van der Waals surface area contributed by atoms with E-state index in [-0.39, 0.29) is 12.5 Å². The van der Waals surface area contributed by atoms with E-state index in [9.17, 15) is 4.79 Å². The maximum Gasteiger partial charge on any atom is 0.325 e. The molecule has 1 aromatic heterocycles. The Morgan fingerprint density at radius 3 is 2.45 bits per heavy atom. The van der Waals surface area contributed by atoms with Gasteiger partial charge in [-0.3, -0.25) is 9.69 Å². The van der Waals surface area contributed by atoms with Crippen LogP contribution >= 0.6 is 0 Å². The lowest BCUT2D eigenvalue weighted by Gasteiger charge is -2.36. The van der Waals surface area contributed by atoms with Gasteiger partial charge in [0.15, 0.2) is 0 Å². The number of anilines is 1. The molecule has 0 unspecified atom stereocenters. The summed E-state index contributed by atoms with van der Waals surface area (Å²) < 4.78 is 7.16. The predicted octanol–water partition coefficient (Wildman–Crippen LogP) is 3.57. The molecule has 0 spiro atoms. The molecule has 3 aromatic rings. The molecule has 0 aliphatic carbocycles. The number of piperazine rings is 1. The van der Waals surface area contributed by atoms with E-state index in [0.29, 0.717) is 6.61 Å². The summed E-state index contributed by atoms with van der Waals surface area (Å²) in [5, 5.41) is 1.24. The number of benzene rings is 2. The summed E-state index contributed by atoms with van der Waals surface area (Å²) in [6.45, 7) is 7.85. The van der Waals surface area contributed by atoms with Crippen LogP contribution in [0.1, 0.15) is 12.5 Å². The standard InChI is InChI=1S/C24H29N3O2/c1-2-29-24(28)19-27-18-20(22-10-6-7-11-23(22)27)12-13-25-14-16-26(17-15-25)21-8-4-3-5-9-21/h3-11,18H,2,12-17,19H2,1H3. The highest BCUT2D eigenvalue weighted by atomic mass is 16.5. The van der Waals surface area contributed by atoms with Gasteiger partial charge in [0.1, 0.15) is 6.54 Å². The zero-order chi connectivity index (χ0) is 20.1. The van der Waals surface area contributed by atoms with E-state index in [2.05, 4.69) is 64.5 Å². The van der Waals surface area contributed by atoms with Crippen LogP contribution in [0.3, 0.4) is 0 Å². The molecule has 152 valence electrons. The minimum Gasteiger partial charge on any atom is -0.465 e. The smallest absolute Gasteiger partial charge is 0.325 e. The minimum atomic E-state index is -0.183. The Morgan fingerprint density at radius 1 is 0.966 bits per heavy atom. The van der Waals surface area contributed by atoms with Gasteiger partial charge in [-0.15, -0.1) is 0 Å². The van der Waals surface area contributed by atoms with Gasteiger partial charge in [-0.1, -0.05) is 36.4 Å². The maximum atomic E-state index is 12.0. The van der Waals surface area contributed by atoms with E-state index >= 15 is 0 Å². The van der Waals surface area contributed by atoms with Crippen molar-refractivity contribution in [2.45, 2.75) is 19.9 Å². The monoisotopic (exact) mass is 391 g/mol. The average molecular weight is 392 g/mol. The summed E-state index contributed by atoms with van der Waals surface area (Å²) in [6.07, 6.45) is 3.11. The molecule has 2 heterocycles. The first-order chi connectivity index (χ1) is 14.2.